The van der Waals surface area contributed by atoms with Crippen molar-refractivity contribution in [1.82, 2.24) is 14.5 Å². The second-order valence-electron chi connectivity index (χ2n) is 5.79. The first-order valence-electron chi connectivity index (χ1n) is 7.51. The number of nitrogens with one attached hydrogen (secondary N) is 1. The second-order valence-corrected chi connectivity index (χ2v) is 7.77. The van der Waals surface area contributed by atoms with Gasteiger partial charge in [0, 0.05) is 39.3 Å². The fraction of sp³-hybridized carbons (Fsp3) is 1.00. The molecule has 0 spiro atoms. The molecule has 1 unspecified atom stereocenters. The van der Waals surface area contributed by atoms with E-state index in [-0.39, 0.29) is 0 Å². The predicted molar refractivity (Wildman–Crippen MR) is 79.3 cm³/mol. The molecule has 6 nitrogen and oxygen atoms in total. The molecule has 0 aromatic carbocycles. The highest BCUT2D eigenvalue weighted by atomic mass is 32.2. The Kier molecular flexibility index (Phi) is 6.22. The van der Waals surface area contributed by atoms with Gasteiger partial charge in [-0.3, -0.25) is 4.90 Å². The molecule has 1 atom stereocenters. The molecule has 2 fully saturated rings. The zero-order chi connectivity index (χ0) is 14.4. The van der Waals surface area contributed by atoms with Crippen LogP contribution >= 0.6 is 0 Å². The number of hydrogen-bond donors (Lipinski definition) is 1. The first-order valence-corrected chi connectivity index (χ1v) is 9.36. The van der Waals surface area contributed by atoms with E-state index in [1.54, 1.807) is 4.31 Å². The molecule has 2 rings (SSSR count). The highest BCUT2D eigenvalue weighted by Crippen LogP contribution is 2.17. The molecular weight excluding hydrogens is 278 g/mol. The van der Waals surface area contributed by atoms with E-state index in [0.29, 0.717) is 19.0 Å². The standard InChI is InChI=1S/C13H27N3O3S/c1-20(17,18)16-5-2-3-13(12-16)11-14-4-6-15-7-9-19-10-8-15/h13-14H,2-12H2,1H3. The van der Waals surface area contributed by atoms with Crippen LogP contribution in [0.4, 0.5) is 0 Å². The van der Waals surface area contributed by atoms with Gasteiger partial charge in [-0.15, -0.1) is 0 Å². The van der Waals surface area contributed by atoms with Gasteiger partial charge in [0.25, 0.3) is 0 Å². The lowest BCUT2D eigenvalue weighted by Crippen LogP contribution is -2.44. The molecule has 0 aromatic heterocycles. The van der Waals surface area contributed by atoms with Gasteiger partial charge in [0.05, 0.1) is 19.5 Å². The van der Waals surface area contributed by atoms with Crippen molar-refractivity contribution in [2.45, 2.75) is 12.8 Å². The number of rotatable bonds is 6. The van der Waals surface area contributed by atoms with E-state index in [1.807, 2.05) is 0 Å². The van der Waals surface area contributed by atoms with E-state index >= 15 is 0 Å². The third-order valence-electron chi connectivity index (χ3n) is 4.09. The average molecular weight is 305 g/mol. The van der Waals surface area contributed by atoms with Crippen molar-refractivity contribution in [1.29, 1.82) is 0 Å². The molecule has 0 aromatic rings. The van der Waals surface area contributed by atoms with Crippen molar-refractivity contribution in [2.75, 3.05) is 65.3 Å². The summed E-state index contributed by atoms with van der Waals surface area (Å²) in [4.78, 5) is 2.40. The molecule has 0 aliphatic carbocycles. The minimum Gasteiger partial charge on any atom is -0.379 e. The Morgan fingerprint density at radius 1 is 1.25 bits per heavy atom. The van der Waals surface area contributed by atoms with Crippen LogP contribution in [-0.2, 0) is 14.8 Å². The summed E-state index contributed by atoms with van der Waals surface area (Å²) in [6.45, 7) is 8.00. The maximum Gasteiger partial charge on any atom is 0.211 e. The Morgan fingerprint density at radius 3 is 2.70 bits per heavy atom. The molecule has 7 heteroatoms. The molecule has 1 N–H and O–H groups in total. The van der Waals surface area contributed by atoms with E-state index in [2.05, 4.69) is 10.2 Å². The van der Waals surface area contributed by atoms with Crippen LogP contribution in [0.25, 0.3) is 0 Å². The lowest BCUT2D eigenvalue weighted by molar-refractivity contribution is 0.0383. The van der Waals surface area contributed by atoms with Crippen molar-refractivity contribution in [3.05, 3.63) is 0 Å². The number of nitrogens with zero attached hydrogens (tertiary/aromatic N) is 2. The largest absolute Gasteiger partial charge is 0.379 e. The van der Waals surface area contributed by atoms with Crippen LogP contribution in [0.15, 0.2) is 0 Å². The van der Waals surface area contributed by atoms with Crippen molar-refractivity contribution in [3.8, 4) is 0 Å². The van der Waals surface area contributed by atoms with Gasteiger partial charge in [0.15, 0.2) is 0 Å². The molecule has 0 radical (unpaired) electrons. The third kappa shape index (κ3) is 5.29. The smallest absolute Gasteiger partial charge is 0.211 e. The van der Waals surface area contributed by atoms with Crippen LogP contribution in [0.3, 0.4) is 0 Å². The first-order chi connectivity index (χ1) is 9.55. The Labute approximate surface area is 122 Å². The van der Waals surface area contributed by atoms with Crippen LogP contribution in [-0.4, -0.2) is 82.9 Å². The molecule has 2 aliphatic heterocycles. The average Bonchev–Trinajstić information content (AvgIpc) is 2.44. The van der Waals surface area contributed by atoms with Crippen molar-refractivity contribution in [3.63, 3.8) is 0 Å². The van der Waals surface area contributed by atoms with E-state index < -0.39 is 10.0 Å². The Hall–Kier alpha value is -0.210. The minimum atomic E-state index is -3.02. The van der Waals surface area contributed by atoms with Gasteiger partial charge in [-0.05, 0) is 25.3 Å². The van der Waals surface area contributed by atoms with Crippen LogP contribution < -0.4 is 5.32 Å². The molecule has 118 valence electrons. The molecule has 2 aliphatic rings. The van der Waals surface area contributed by atoms with E-state index in [1.165, 1.54) is 6.26 Å². The van der Waals surface area contributed by atoms with E-state index in [9.17, 15) is 8.42 Å². The number of piperidine rings is 1. The summed E-state index contributed by atoms with van der Waals surface area (Å²) < 4.78 is 30.0. The first kappa shape index (κ1) is 16.2. The van der Waals surface area contributed by atoms with Crippen LogP contribution in [0.5, 0.6) is 0 Å². The van der Waals surface area contributed by atoms with Crippen LogP contribution in [0.1, 0.15) is 12.8 Å². The van der Waals surface area contributed by atoms with Gasteiger partial charge in [-0.2, -0.15) is 0 Å². The topological polar surface area (TPSA) is 61.9 Å². The summed E-state index contributed by atoms with van der Waals surface area (Å²) in [5, 5.41) is 3.47. The van der Waals surface area contributed by atoms with E-state index in [4.69, 9.17) is 4.74 Å². The SMILES string of the molecule is CS(=O)(=O)N1CCCC(CNCCN2CCOCC2)C1. The maximum absolute atomic E-state index is 11.6. The van der Waals surface area contributed by atoms with Gasteiger partial charge < -0.3 is 10.1 Å². The van der Waals surface area contributed by atoms with Gasteiger partial charge in [-0.25, -0.2) is 12.7 Å². The fourth-order valence-corrected chi connectivity index (χ4v) is 3.81. The number of ether oxygens (including phenoxy) is 1. The molecular formula is C13H27N3O3S. The zero-order valence-corrected chi connectivity index (χ0v) is 13.2. The normalized spacial score (nSPS) is 26.8. The molecule has 0 amide bonds. The summed E-state index contributed by atoms with van der Waals surface area (Å²) in [5.41, 5.74) is 0. The Balaban J connectivity index is 1.61. The van der Waals surface area contributed by atoms with Gasteiger partial charge >= 0.3 is 0 Å². The number of sulfonamides is 1. The van der Waals surface area contributed by atoms with Crippen molar-refractivity contribution < 1.29 is 13.2 Å². The number of hydrogen-bond acceptors (Lipinski definition) is 5. The fourth-order valence-electron chi connectivity index (χ4n) is 2.86. The third-order valence-corrected chi connectivity index (χ3v) is 5.36. The lowest BCUT2D eigenvalue weighted by atomic mass is 10.00. The van der Waals surface area contributed by atoms with Crippen LogP contribution in [0.2, 0.25) is 0 Å². The quantitative estimate of drug-likeness (QED) is 0.675. The van der Waals surface area contributed by atoms with Crippen LogP contribution in [0, 0.1) is 5.92 Å². The molecule has 2 heterocycles. The van der Waals surface area contributed by atoms with Crippen molar-refractivity contribution >= 4 is 10.0 Å². The Morgan fingerprint density at radius 2 is 2.00 bits per heavy atom. The summed E-state index contributed by atoms with van der Waals surface area (Å²) in [6, 6.07) is 0. The predicted octanol–water partition coefficient (Wildman–Crippen LogP) is -0.420. The van der Waals surface area contributed by atoms with E-state index in [0.717, 1.165) is 58.8 Å². The monoisotopic (exact) mass is 305 g/mol. The molecule has 0 bridgehead atoms. The second kappa shape index (κ2) is 7.70. The summed E-state index contributed by atoms with van der Waals surface area (Å²) in [5.74, 6) is 0.447. The van der Waals surface area contributed by atoms with Gasteiger partial charge in [-0.1, -0.05) is 0 Å². The van der Waals surface area contributed by atoms with Gasteiger partial charge in [0.2, 0.25) is 10.0 Å². The number of morpholine rings is 1. The highest BCUT2D eigenvalue weighted by molar-refractivity contribution is 7.88. The minimum absolute atomic E-state index is 0.447. The highest BCUT2D eigenvalue weighted by Gasteiger charge is 2.25. The Bertz CT molecular complexity index is 382. The summed E-state index contributed by atoms with van der Waals surface area (Å²) in [6.07, 6.45) is 3.40. The maximum atomic E-state index is 11.6. The molecule has 2 saturated heterocycles. The van der Waals surface area contributed by atoms with Gasteiger partial charge in [0.1, 0.15) is 0 Å². The summed E-state index contributed by atoms with van der Waals surface area (Å²) >= 11 is 0. The molecule has 0 saturated carbocycles. The molecule has 20 heavy (non-hydrogen) atoms. The summed E-state index contributed by atoms with van der Waals surface area (Å²) in [7, 11) is -3.02. The zero-order valence-electron chi connectivity index (χ0n) is 12.4. The van der Waals surface area contributed by atoms with Crippen molar-refractivity contribution in [2.24, 2.45) is 5.92 Å². The lowest BCUT2D eigenvalue weighted by Gasteiger charge is -2.31.